The SMILES string of the molecule is Cc1ccc(-c2csc(NC(=O)CSc3nc4ccccc4c(=O)n3C(C)C)n2)cc1. The number of fused-ring (bicyclic) bond motifs is 1. The molecule has 2 heterocycles. The highest BCUT2D eigenvalue weighted by Gasteiger charge is 2.16. The van der Waals surface area contributed by atoms with Crippen LogP contribution in [0.4, 0.5) is 5.13 Å². The van der Waals surface area contributed by atoms with Crippen LogP contribution in [-0.4, -0.2) is 26.2 Å². The predicted molar refractivity (Wildman–Crippen MR) is 128 cm³/mol. The van der Waals surface area contributed by atoms with Crippen LogP contribution in [0.25, 0.3) is 22.2 Å². The van der Waals surface area contributed by atoms with Crippen molar-refractivity contribution < 1.29 is 4.79 Å². The van der Waals surface area contributed by atoms with Gasteiger partial charge in [0.1, 0.15) is 0 Å². The van der Waals surface area contributed by atoms with Gasteiger partial charge in [0.2, 0.25) is 5.91 Å². The number of hydrogen-bond donors (Lipinski definition) is 1. The maximum atomic E-state index is 12.9. The van der Waals surface area contributed by atoms with Gasteiger partial charge in [-0.1, -0.05) is 53.7 Å². The number of aromatic nitrogens is 3. The topological polar surface area (TPSA) is 76.9 Å². The number of anilines is 1. The van der Waals surface area contributed by atoms with E-state index >= 15 is 0 Å². The molecule has 0 unspecified atom stereocenters. The standard InChI is InChI=1S/C23H22N4O2S2/c1-14(2)27-21(29)17-6-4-5-7-18(17)25-23(27)31-13-20(28)26-22-24-19(12-30-22)16-10-8-15(3)9-11-16/h4-12,14H,13H2,1-3H3,(H,24,26,28). The van der Waals surface area contributed by atoms with Gasteiger partial charge in [-0.05, 0) is 32.9 Å². The lowest BCUT2D eigenvalue weighted by molar-refractivity contribution is -0.113. The van der Waals surface area contributed by atoms with Crippen LogP contribution in [0, 0.1) is 6.92 Å². The molecule has 0 saturated carbocycles. The fourth-order valence-corrected chi connectivity index (χ4v) is 4.82. The summed E-state index contributed by atoms with van der Waals surface area (Å²) in [5.41, 5.74) is 3.57. The number of nitrogens with one attached hydrogen (secondary N) is 1. The van der Waals surface area contributed by atoms with E-state index in [0.717, 1.165) is 11.3 Å². The van der Waals surface area contributed by atoms with Crippen molar-refractivity contribution in [3.63, 3.8) is 0 Å². The van der Waals surface area contributed by atoms with Crippen LogP contribution < -0.4 is 10.9 Å². The summed E-state index contributed by atoms with van der Waals surface area (Å²) in [6.07, 6.45) is 0. The van der Waals surface area contributed by atoms with Gasteiger partial charge < -0.3 is 5.32 Å². The number of thioether (sulfide) groups is 1. The Labute approximate surface area is 188 Å². The molecule has 0 fully saturated rings. The van der Waals surface area contributed by atoms with Gasteiger partial charge in [0.05, 0.1) is 22.3 Å². The molecule has 1 amide bonds. The summed E-state index contributed by atoms with van der Waals surface area (Å²) in [4.78, 5) is 34.5. The summed E-state index contributed by atoms with van der Waals surface area (Å²) >= 11 is 2.64. The smallest absolute Gasteiger partial charge is 0.262 e. The third kappa shape index (κ3) is 4.70. The van der Waals surface area contributed by atoms with Crippen LogP contribution in [0.5, 0.6) is 0 Å². The number of aryl methyl sites for hydroxylation is 1. The summed E-state index contributed by atoms with van der Waals surface area (Å²) in [5, 5.41) is 6.44. The molecule has 0 spiro atoms. The van der Waals surface area contributed by atoms with Gasteiger partial charge in [-0.3, -0.25) is 14.2 Å². The number of carbonyl (C=O) groups is 1. The normalized spacial score (nSPS) is 11.2. The first-order valence-corrected chi connectivity index (χ1v) is 11.8. The number of amides is 1. The molecule has 31 heavy (non-hydrogen) atoms. The zero-order valence-corrected chi connectivity index (χ0v) is 19.1. The lowest BCUT2D eigenvalue weighted by atomic mass is 10.1. The minimum absolute atomic E-state index is 0.0637. The minimum atomic E-state index is -0.187. The first-order valence-electron chi connectivity index (χ1n) is 9.89. The van der Waals surface area contributed by atoms with E-state index in [9.17, 15) is 9.59 Å². The number of benzene rings is 2. The highest BCUT2D eigenvalue weighted by Crippen LogP contribution is 2.26. The summed E-state index contributed by atoms with van der Waals surface area (Å²) in [6, 6.07) is 15.3. The first kappa shape index (κ1) is 21.3. The van der Waals surface area contributed by atoms with Crippen LogP contribution in [0.3, 0.4) is 0 Å². The Hall–Kier alpha value is -2.97. The number of hydrogen-bond acceptors (Lipinski definition) is 6. The van der Waals surface area contributed by atoms with E-state index in [0.29, 0.717) is 21.2 Å². The second kappa shape index (κ2) is 9.03. The monoisotopic (exact) mass is 450 g/mol. The molecule has 158 valence electrons. The molecule has 0 aliphatic heterocycles. The fourth-order valence-electron chi connectivity index (χ4n) is 3.16. The van der Waals surface area contributed by atoms with E-state index < -0.39 is 0 Å². The molecular formula is C23H22N4O2S2. The van der Waals surface area contributed by atoms with Gasteiger partial charge in [0.25, 0.3) is 5.56 Å². The summed E-state index contributed by atoms with van der Waals surface area (Å²) < 4.78 is 1.64. The lowest BCUT2D eigenvalue weighted by Gasteiger charge is -2.15. The number of nitrogens with zero attached hydrogens (tertiary/aromatic N) is 3. The van der Waals surface area contributed by atoms with Crippen molar-refractivity contribution in [2.75, 3.05) is 11.1 Å². The summed E-state index contributed by atoms with van der Waals surface area (Å²) in [6.45, 7) is 5.91. The molecule has 0 bridgehead atoms. The molecule has 8 heteroatoms. The van der Waals surface area contributed by atoms with Gasteiger partial charge in [-0.2, -0.15) is 0 Å². The first-order chi connectivity index (χ1) is 14.9. The Morgan fingerprint density at radius 2 is 1.87 bits per heavy atom. The number of thiazole rings is 1. The average molecular weight is 451 g/mol. The zero-order valence-electron chi connectivity index (χ0n) is 17.5. The van der Waals surface area contributed by atoms with Crippen LogP contribution in [0.2, 0.25) is 0 Å². The molecule has 0 atom stereocenters. The van der Waals surface area contributed by atoms with Gasteiger partial charge >= 0.3 is 0 Å². The van der Waals surface area contributed by atoms with Crippen molar-refractivity contribution in [3.8, 4) is 11.3 Å². The van der Waals surface area contributed by atoms with Gasteiger partial charge in [0.15, 0.2) is 10.3 Å². The number of rotatable bonds is 6. The molecule has 4 aromatic rings. The second-order valence-electron chi connectivity index (χ2n) is 7.42. The number of para-hydroxylation sites is 1. The van der Waals surface area contributed by atoms with E-state index in [2.05, 4.69) is 15.3 Å². The van der Waals surface area contributed by atoms with E-state index in [1.807, 2.05) is 68.6 Å². The van der Waals surface area contributed by atoms with Gasteiger partial charge in [-0.15, -0.1) is 11.3 Å². The molecule has 0 saturated heterocycles. The summed E-state index contributed by atoms with van der Waals surface area (Å²) in [5.74, 6) is -0.0516. The molecule has 2 aromatic carbocycles. The van der Waals surface area contributed by atoms with Crippen molar-refractivity contribution in [1.29, 1.82) is 0 Å². The zero-order chi connectivity index (χ0) is 22.0. The molecular weight excluding hydrogens is 428 g/mol. The highest BCUT2D eigenvalue weighted by molar-refractivity contribution is 7.99. The van der Waals surface area contributed by atoms with Crippen LogP contribution in [0.15, 0.2) is 63.9 Å². The molecule has 1 N–H and O–H groups in total. The lowest BCUT2D eigenvalue weighted by Crippen LogP contribution is -2.25. The van der Waals surface area contributed by atoms with E-state index in [1.165, 1.54) is 28.7 Å². The van der Waals surface area contributed by atoms with Gasteiger partial charge in [-0.25, -0.2) is 9.97 Å². The van der Waals surface area contributed by atoms with Crippen molar-refractivity contribution in [3.05, 3.63) is 69.8 Å². The third-order valence-electron chi connectivity index (χ3n) is 4.72. The third-order valence-corrected chi connectivity index (χ3v) is 6.43. The Morgan fingerprint density at radius 1 is 1.13 bits per heavy atom. The Kier molecular flexibility index (Phi) is 6.20. The van der Waals surface area contributed by atoms with Crippen LogP contribution in [0.1, 0.15) is 25.5 Å². The maximum Gasteiger partial charge on any atom is 0.262 e. The average Bonchev–Trinajstić information content (AvgIpc) is 3.21. The summed E-state index contributed by atoms with van der Waals surface area (Å²) in [7, 11) is 0. The fraction of sp³-hybridized carbons (Fsp3) is 0.217. The molecule has 0 radical (unpaired) electrons. The van der Waals surface area contributed by atoms with Crippen molar-refractivity contribution in [1.82, 2.24) is 14.5 Å². The highest BCUT2D eigenvalue weighted by atomic mass is 32.2. The van der Waals surface area contributed by atoms with Crippen molar-refractivity contribution in [2.24, 2.45) is 0 Å². The Balaban J connectivity index is 1.48. The van der Waals surface area contributed by atoms with Crippen molar-refractivity contribution >= 4 is 45.0 Å². The molecule has 2 aromatic heterocycles. The van der Waals surface area contributed by atoms with Crippen LogP contribution in [-0.2, 0) is 4.79 Å². The molecule has 6 nitrogen and oxygen atoms in total. The van der Waals surface area contributed by atoms with Gasteiger partial charge in [0, 0.05) is 17.0 Å². The quantitative estimate of drug-likeness (QED) is 0.325. The molecule has 0 aliphatic rings. The number of carbonyl (C=O) groups excluding carboxylic acids is 1. The van der Waals surface area contributed by atoms with E-state index in [-0.39, 0.29) is 23.3 Å². The predicted octanol–water partition coefficient (Wildman–Crippen LogP) is 5.14. The Morgan fingerprint density at radius 3 is 2.61 bits per heavy atom. The molecule has 0 aliphatic carbocycles. The van der Waals surface area contributed by atoms with Crippen molar-refractivity contribution in [2.45, 2.75) is 32.0 Å². The minimum Gasteiger partial charge on any atom is -0.301 e. The molecule has 4 rings (SSSR count). The Bertz CT molecular complexity index is 1290. The largest absolute Gasteiger partial charge is 0.301 e. The second-order valence-corrected chi connectivity index (χ2v) is 9.22. The van der Waals surface area contributed by atoms with E-state index in [4.69, 9.17) is 0 Å². The van der Waals surface area contributed by atoms with E-state index in [1.54, 1.807) is 10.6 Å². The van der Waals surface area contributed by atoms with Crippen LogP contribution >= 0.6 is 23.1 Å². The maximum absolute atomic E-state index is 12.9.